The van der Waals surface area contributed by atoms with Crippen LogP contribution in [0.1, 0.15) is 84.5 Å². The molecule has 0 aromatic heterocycles. The Morgan fingerprint density at radius 1 is 0.900 bits per heavy atom. The fourth-order valence-electron chi connectivity index (χ4n) is 2.21. The van der Waals surface area contributed by atoms with Crippen molar-refractivity contribution in [3.05, 3.63) is 0 Å². The third kappa shape index (κ3) is 13.6. The number of carbonyl (C=O) groups is 1. The van der Waals surface area contributed by atoms with Gasteiger partial charge in [-0.1, -0.05) is 64.7 Å². The van der Waals surface area contributed by atoms with Crippen LogP contribution in [0.15, 0.2) is 4.99 Å². The molecule has 0 rings (SSSR count). The van der Waals surface area contributed by atoms with E-state index >= 15 is 0 Å². The average Bonchev–Trinajstić information content (AvgIpc) is 2.43. The maximum absolute atomic E-state index is 11.0. The Kier molecular flexibility index (Phi) is 13.9. The molecule has 0 aliphatic carbocycles. The van der Waals surface area contributed by atoms with Gasteiger partial charge >= 0.3 is 0 Å². The summed E-state index contributed by atoms with van der Waals surface area (Å²) in [6.07, 6.45) is 13.6. The minimum atomic E-state index is 0.105. The molecule has 0 fully saturated rings. The maximum Gasteiger partial charge on any atom is 0.190 e. The van der Waals surface area contributed by atoms with E-state index in [1.807, 2.05) is 0 Å². The summed E-state index contributed by atoms with van der Waals surface area (Å²) in [5.41, 5.74) is 0. The van der Waals surface area contributed by atoms with Gasteiger partial charge in [0.15, 0.2) is 5.90 Å². The second-order valence-corrected chi connectivity index (χ2v) is 5.54. The molecule has 3 nitrogen and oxygen atoms in total. The first-order valence-electron chi connectivity index (χ1n) is 8.27. The summed E-state index contributed by atoms with van der Waals surface area (Å²) in [7, 11) is 1.58. The monoisotopic (exact) mass is 283 g/mol. The number of ketones is 1. The first-order chi connectivity index (χ1) is 9.70. The summed E-state index contributed by atoms with van der Waals surface area (Å²) < 4.78 is 5.08. The van der Waals surface area contributed by atoms with Crippen molar-refractivity contribution in [1.29, 1.82) is 0 Å². The number of methoxy groups -OCH3 is 1. The van der Waals surface area contributed by atoms with Crippen molar-refractivity contribution in [2.24, 2.45) is 4.99 Å². The molecule has 118 valence electrons. The molecule has 0 spiro atoms. The lowest BCUT2D eigenvalue weighted by molar-refractivity contribution is -0.116. The highest BCUT2D eigenvalue weighted by Crippen LogP contribution is 2.10. The van der Waals surface area contributed by atoms with Crippen molar-refractivity contribution in [2.45, 2.75) is 84.5 Å². The Morgan fingerprint density at radius 3 is 1.85 bits per heavy atom. The molecule has 0 saturated carbocycles. The van der Waals surface area contributed by atoms with Crippen molar-refractivity contribution in [3.8, 4) is 0 Å². The van der Waals surface area contributed by atoms with Crippen molar-refractivity contribution in [3.63, 3.8) is 0 Å². The van der Waals surface area contributed by atoms with E-state index < -0.39 is 0 Å². The molecule has 0 atom stereocenters. The molecule has 0 aromatic carbocycles. The van der Waals surface area contributed by atoms with Gasteiger partial charge in [0, 0.05) is 6.54 Å². The zero-order valence-corrected chi connectivity index (χ0v) is 13.7. The Morgan fingerprint density at radius 2 is 1.40 bits per heavy atom. The molecule has 0 aromatic rings. The summed E-state index contributed by atoms with van der Waals surface area (Å²) in [6, 6.07) is 0. The van der Waals surface area contributed by atoms with Crippen LogP contribution in [0.3, 0.4) is 0 Å². The normalized spacial score (nSPS) is 11.7. The van der Waals surface area contributed by atoms with Crippen LogP contribution in [0.4, 0.5) is 0 Å². The topological polar surface area (TPSA) is 38.7 Å². The van der Waals surface area contributed by atoms with Crippen LogP contribution in [-0.2, 0) is 9.53 Å². The van der Waals surface area contributed by atoms with E-state index in [0.717, 1.165) is 13.0 Å². The van der Waals surface area contributed by atoms with Gasteiger partial charge in [0.2, 0.25) is 0 Å². The number of rotatable bonds is 13. The molecule has 3 heteroatoms. The van der Waals surface area contributed by atoms with E-state index in [2.05, 4.69) is 11.9 Å². The van der Waals surface area contributed by atoms with Gasteiger partial charge < -0.3 is 4.74 Å². The Balaban J connectivity index is 3.34. The van der Waals surface area contributed by atoms with Gasteiger partial charge in [0.25, 0.3) is 0 Å². The van der Waals surface area contributed by atoms with Gasteiger partial charge in [-0.15, -0.1) is 0 Å². The van der Waals surface area contributed by atoms with Gasteiger partial charge in [-0.05, 0) is 13.3 Å². The molecule has 0 amide bonds. The van der Waals surface area contributed by atoms with Crippen LogP contribution in [0.5, 0.6) is 0 Å². The Hall–Kier alpha value is -0.860. The summed E-state index contributed by atoms with van der Waals surface area (Å²) in [5, 5.41) is 0. The summed E-state index contributed by atoms with van der Waals surface area (Å²) in [6.45, 7) is 4.61. The molecule has 20 heavy (non-hydrogen) atoms. The molecule has 0 aliphatic rings. The lowest BCUT2D eigenvalue weighted by Crippen LogP contribution is -2.07. The largest absolute Gasteiger partial charge is 0.484 e. The first-order valence-corrected chi connectivity index (χ1v) is 8.27. The summed E-state index contributed by atoms with van der Waals surface area (Å²) in [4.78, 5) is 15.3. The number of hydrogen-bond acceptors (Lipinski definition) is 3. The lowest BCUT2D eigenvalue weighted by Gasteiger charge is -2.03. The number of Topliss-reactive ketones (excluding diaryl/α,β-unsaturated/α-hetero) is 1. The molecule has 0 bridgehead atoms. The van der Waals surface area contributed by atoms with Crippen LogP contribution in [-0.4, -0.2) is 25.3 Å². The number of carbonyl (C=O) groups excluding carboxylic acids is 1. The molecule has 0 aliphatic heterocycles. The van der Waals surface area contributed by atoms with Crippen molar-refractivity contribution in [2.75, 3.05) is 13.7 Å². The van der Waals surface area contributed by atoms with E-state index in [4.69, 9.17) is 4.74 Å². The summed E-state index contributed by atoms with van der Waals surface area (Å²) >= 11 is 0. The predicted molar refractivity (Wildman–Crippen MR) is 86.5 cm³/mol. The Labute approximate surface area is 125 Å². The van der Waals surface area contributed by atoms with Crippen LogP contribution in [0.2, 0.25) is 0 Å². The molecule has 0 radical (unpaired) electrons. The molecule has 0 saturated heterocycles. The standard InChI is InChI=1S/C17H33NO2/c1-4-5-6-7-8-9-10-11-12-13-14-18-17(20-3)15-16(2)19/h4-15H2,1-3H3/b18-17-. The smallest absolute Gasteiger partial charge is 0.190 e. The molecular weight excluding hydrogens is 250 g/mol. The number of ether oxygens (including phenoxy) is 1. The third-order valence-electron chi connectivity index (χ3n) is 3.44. The number of aliphatic imine (C=N–C) groups is 1. The van der Waals surface area contributed by atoms with Gasteiger partial charge in [-0.3, -0.25) is 9.79 Å². The zero-order chi connectivity index (χ0) is 15.1. The molecule has 0 heterocycles. The van der Waals surface area contributed by atoms with E-state index in [1.165, 1.54) is 57.8 Å². The number of unbranched alkanes of at least 4 members (excludes halogenated alkanes) is 9. The highest BCUT2D eigenvalue weighted by Gasteiger charge is 2.01. The maximum atomic E-state index is 11.0. The fraction of sp³-hybridized carbons (Fsp3) is 0.882. The van der Waals surface area contributed by atoms with Crippen molar-refractivity contribution < 1.29 is 9.53 Å². The average molecular weight is 283 g/mol. The summed E-state index contributed by atoms with van der Waals surface area (Å²) in [5.74, 6) is 0.682. The van der Waals surface area contributed by atoms with Gasteiger partial charge in [0.05, 0.1) is 13.5 Å². The van der Waals surface area contributed by atoms with E-state index in [0.29, 0.717) is 12.3 Å². The second kappa shape index (κ2) is 14.5. The highest BCUT2D eigenvalue weighted by molar-refractivity contribution is 5.96. The number of hydrogen-bond donors (Lipinski definition) is 0. The van der Waals surface area contributed by atoms with E-state index in [-0.39, 0.29) is 5.78 Å². The third-order valence-corrected chi connectivity index (χ3v) is 3.44. The van der Waals surface area contributed by atoms with E-state index in [9.17, 15) is 4.79 Å². The minimum absolute atomic E-state index is 0.105. The van der Waals surface area contributed by atoms with Gasteiger partial charge in [-0.2, -0.15) is 0 Å². The highest BCUT2D eigenvalue weighted by atomic mass is 16.5. The van der Waals surface area contributed by atoms with Gasteiger partial charge in [-0.25, -0.2) is 0 Å². The van der Waals surface area contributed by atoms with Crippen LogP contribution in [0.25, 0.3) is 0 Å². The molecule has 0 unspecified atom stereocenters. The van der Waals surface area contributed by atoms with Crippen molar-refractivity contribution in [1.82, 2.24) is 0 Å². The Bertz CT molecular complexity index is 262. The second-order valence-electron chi connectivity index (χ2n) is 5.54. The zero-order valence-electron chi connectivity index (χ0n) is 13.7. The predicted octanol–water partition coefficient (Wildman–Crippen LogP) is 4.93. The van der Waals surface area contributed by atoms with Crippen LogP contribution >= 0.6 is 0 Å². The quantitative estimate of drug-likeness (QED) is 0.273. The van der Waals surface area contributed by atoms with E-state index in [1.54, 1.807) is 14.0 Å². The molecular formula is C17H33NO2. The van der Waals surface area contributed by atoms with Crippen molar-refractivity contribution >= 4 is 11.7 Å². The molecule has 0 N–H and O–H groups in total. The van der Waals surface area contributed by atoms with Crippen LogP contribution in [0, 0.1) is 0 Å². The SMILES string of the molecule is CCCCCCCCCCCC/N=C(/CC(C)=O)OC. The minimum Gasteiger partial charge on any atom is -0.484 e. The first kappa shape index (κ1) is 19.1. The number of nitrogens with zero attached hydrogens (tertiary/aromatic N) is 1. The van der Waals surface area contributed by atoms with Gasteiger partial charge in [0.1, 0.15) is 5.78 Å². The fourth-order valence-corrected chi connectivity index (χ4v) is 2.21. The van der Waals surface area contributed by atoms with Crippen LogP contribution < -0.4 is 0 Å². The lowest BCUT2D eigenvalue weighted by atomic mass is 10.1.